The molecule has 0 bridgehead atoms. The molecule has 1 N–H and O–H groups in total. The van der Waals surface area contributed by atoms with Crippen LogP contribution in [0.3, 0.4) is 0 Å². The first-order valence-corrected chi connectivity index (χ1v) is 6.49. The second-order valence-corrected chi connectivity index (χ2v) is 4.82. The van der Waals surface area contributed by atoms with Crippen molar-refractivity contribution in [3.63, 3.8) is 0 Å². The molecule has 7 heteroatoms. The molecule has 0 aromatic carbocycles. The summed E-state index contributed by atoms with van der Waals surface area (Å²) in [7, 11) is 0. The normalized spacial score (nSPS) is 10.6. The van der Waals surface area contributed by atoms with Gasteiger partial charge in [0.2, 0.25) is 5.82 Å². The molecule has 96 valence electrons. The van der Waals surface area contributed by atoms with Crippen molar-refractivity contribution in [3.05, 3.63) is 38.2 Å². The molecule has 0 spiro atoms. The van der Waals surface area contributed by atoms with Crippen LogP contribution >= 0.6 is 11.3 Å². The van der Waals surface area contributed by atoms with Gasteiger partial charge in [-0.2, -0.15) is 5.10 Å². The minimum Gasteiger partial charge on any atom is -0.360 e. The minimum atomic E-state index is -0.384. The lowest BCUT2D eigenvalue weighted by molar-refractivity contribution is -0.384. The minimum absolute atomic E-state index is 0.0633. The summed E-state index contributed by atoms with van der Waals surface area (Å²) in [5, 5.41) is 20.3. The predicted octanol–water partition coefficient (Wildman–Crippen LogP) is 2.79. The molecule has 2 heterocycles. The highest BCUT2D eigenvalue weighted by Crippen LogP contribution is 2.28. The number of nitrogens with zero attached hydrogens (tertiary/aromatic N) is 3. The third-order valence-electron chi connectivity index (χ3n) is 2.59. The Bertz CT molecular complexity index is 548. The monoisotopic (exact) mass is 266 g/mol. The number of nitro groups is 1. The molecule has 0 atom stereocenters. The Morgan fingerprint density at radius 1 is 1.61 bits per heavy atom. The second kappa shape index (κ2) is 5.18. The molecule has 0 aliphatic heterocycles. The first kappa shape index (κ1) is 12.6. The van der Waals surface area contributed by atoms with Crippen molar-refractivity contribution in [1.29, 1.82) is 0 Å². The number of aromatic nitrogens is 2. The van der Waals surface area contributed by atoms with E-state index in [2.05, 4.69) is 10.4 Å². The first-order valence-electron chi connectivity index (χ1n) is 5.61. The lowest BCUT2D eigenvalue weighted by atomic mass is 10.3. The molecule has 0 aliphatic rings. The number of hydrogen-bond donors (Lipinski definition) is 1. The molecule has 0 fully saturated rings. The van der Waals surface area contributed by atoms with Crippen molar-refractivity contribution in [1.82, 2.24) is 9.78 Å². The van der Waals surface area contributed by atoms with Gasteiger partial charge in [-0.15, -0.1) is 11.3 Å². The van der Waals surface area contributed by atoms with Crippen LogP contribution in [0.2, 0.25) is 0 Å². The molecule has 18 heavy (non-hydrogen) atoms. The molecule has 6 nitrogen and oxygen atoms in total. The van der Waals surface area contributed by atoms with Gasteiger partial charge in [0, 0.05) is 11.4 Å². The molecule has 2 aromatic heterocycles. The smallest absolute Gasteiger partial charge is 0.333 e. The van der Waals surface area contributed by atoms with Crippen molar-refractivity contribution in [2.24, 2.45) is 0 Å². The van der Waals surface area contributed by atoms with Crippen LogP contribution < -0.4 is 5.32 Å². The van der Waals surface area contributed by atoms with Crippen LogP contribution in [0.15, 0.2) is 17.5 Å². The first-order chi connectivity index (χ1) is 8.63. The molecule has 0 amide bonds. The summed E-state index contributed by atoms with van der Waals surface area (Å²) in [6.45, 7) is 4.73. The maximum atomic E-state index is 11.0. The summed E-state index contributed by atoms with van der Waals surface area (Å²) in [5.74, 6) is 0.480. The Morgan fingerprint density at radius 2 is 2.39 bits per heavy atom. The van der Waals surface area contributed by atoms with Crippen molar-refractivity contribution >= 4 is 22.8 Å². The van der Waals surface area contributed by atoms with E-state index < -0.39 is 0 Å². The Kier molecular flexibility index (Phi) is 3.61. The van der Waals surface area contributed by atoms with Crippen LogP contribution in [0.1, 0.15) is 17.5 Å². The number of hydrogen-bond acceptors (Lipinski definition) is 5. The molecule has 0 radical (unpaired) electrons. The highest BCUT2D eigenvalue weighted by Gasteiger charge is 2.24. The van der Waals surface area contributed by atoms with E-state index in [-0.39, 0.29) is 10.6 Å². The predicted molar refractivity (Wildman–Crippen MR) is 70.9 cm³/mol. The van der Waals surface area contributed by atoms with Crippen LogP contribution in [0.5, 0.6) is 0 Å². The third kappa shape index (κ3) is 2.35. The second-order valence-electron chi connectivity index (χ2n) is 3.79. The zero-order valence-electron chi connectivity index (χ0n) is 10.2. The van der Waals surface area contributed by atoms with E-state index in [4.69, 9.17) is 0 Å². The van der Waals surface area contributed by atoms with E-state index >= 15 is 0 Å². The maximum absolute atomic E-state index is 11.0. The fourth-order valence-electron chi connectivity index (χ4n) is 1.78. The number of aryl methyl sites for hydroxylation is 2. The highest BCUT2D eigenvalue weighted by atomic mass is 32.1. The van der Waals surface area contributed by atoms with Crippen LogP contribution in [0.25, 0.3) is 0 Å². The zero-order chi connectivity index (χ0) is 13.1. The van der Waals surface area contributed by atoms with E-state index in [1.54, 1.807) is 22.9 Å². The molecule has 0 aliphatic carbocycles. The molecular weight excluding hydrogens is 252 g/mol. The Labute approximate surface area is 108 Å². The van der Waals surface area contributed by atoms with Crippen LogP contribution in [-0.4, -0.2) is 14.7 Å². The Balaban J connectivity index is 2.27. The largest absolute Gasteiger partial charge is 0.360 e. The van der Waals surface area contributed by atoms with Gasteiger partial charge in [0.1, 0.15) is 5.69 Å². The van der Waals surface area contributed by atoms with Crippen LogP contribution in [0, 0.1) is 17.0 Å². The molecular formula is C11H14N4O2S. The summed E-state index contributed by atoms with van der Waals surface area (Å²) in [5.41, 5.74) is 0.504. The van der Waals surface area contributed by atoms with Gasteiger partial charge >= 0.3 is 5.69 Å². The van der Waals surface area contributed by atoms with E-state index in [0.717, 1.165) is 4.88 Å². The van der Waals surface area contributed by atoms with Crippen molar-refractivity contribution < 1.29 is 4.92 Å². The van der Waals surface area contributed by atoms with Gasteiger partial charge in [-0.1, -0.05) is 6.07 Å². The lowest BCUT2D eigenvalue weighted by Crippen LogP contribution is -2.07. The summed E-state index contributed by atoms with van der Waals surface area (Å²) in [4.78, 5) is 11.8. The fourth-order valence-corrected chi connectivity index (χ4v) is 2.42. The summed E-state index contributed by atoms with van der Waals surface area (Å²) >= 11 is 1.61. The zero-order valence-corrected chi connectivity index (χ0v) is 11.0. The van der Waals surface area contributed by atoms with Gasteiger partial charge in [-0.3, -0.25) is 10.1 Å². The fraction of sp³-hybridized carbons (Fsp3) is 0.364. The highest BCUT2D eigenvalue weighted by molar-refractivity contribution is 7.09. The average Bonchev–Trinajstić information content (AvgIpc) is 2.92. The Morgan fingerprint density at radius 3 is 2.94 bits per heavy atom. The average molecular weight is 266 g/mol. The van der Waals surface area contributed by atoms with E-state index in [9.17, 15) is 10.1 Å². The topological polar surface area (TPSA) is 73.0 Å². The summed E-state index contributed by atoms with van der Waals surface area (Å²) in [6, 6.07) is 3.95. The standard InChI is InChI=1S/C11H14N4O2S/c1-3-14-11(10(15(16)17)8(2)13-14)12-7-9-5-4-6-18-9/h4-6,12H,3,7H2,1-2H3. The number of nitrogens with one attached hydrogen (secondary N) is 1. The van der Waals surface area contributed by atoms with Gasteiger partial charge in [-0.05, 0) is 25.3 Å². The molecule has 0 unspecified atom stereocenters. The van der Waals surface area contributed by atoms with Crippen molar-refractivity contribution in [2.45, 2.75) is 26.9 Å². The van der Waals surface area contributed by atoms with Gasteiger partial charge in [0.25, 0.3) is 0 Å². The lowest BCUT2D eigenvalue weighted by Gasteiger charge is -2.06. The van der Waals surface area contributed by atoms with Gasteiger partial charge in [0.05, 0.1) is 11.5 Å². The molecule has 0 saturated carbocycles. The van der Waals surface area contributed by atoms with Crippen LogP contribution in [-0.2, 0) is 13.1 Å². The molecule has 2 aromatic rings. The van der Waals surface area contributed by atoms with Crippen molar-refractivity contribution in [3.8, 4) is 0 Å². The summed E-state index contributed by atoms with van der Waals surface area (Å²) in [6.07, 6.45) is 0. The number of anilines is 1. The number of rotatable bonds is 5. The molecule has 0 saturated heterocycles. The quantitative estimate of drug-likeness (QED) is 0.667. The summed E-state index contributed by atoms with van der Waals surface area (Å²) < 4.78 is 1.63. The van der Waals surface area contributed by atoms with Crippen molar-refractivity contribution in [2.75, 3.05) is 5.32 Å². The Hall–Kier alpha value is -1.89. The third-order valence-corrected chi connectivity index (χ3v) is 3.46. The van der Waals surface area contributed by atoms with Gasteiger partial charge in [0.15, 0.2) is 0 Å². The van der Waals surface area contributed by atoms with Gasteiger partial charge in [-0.25, -0.2) is 4.68 Å². The van der Waals surface area contributed by atoms with E-state index in [1.807, 2.05) is 24.4 Å². The number of thiophene rings is 1. The molecule has 2 rings (SSSR count). The van der Waals surface area contributed by atoms with E-state index in [0.29, 0.717) is 24.6 Å². The maximum Gasteiger partial charge on any atom is 0.333 e. The van der Waals surface area contributed by atoms with Gasteiger partial charge < -0.3 is 5.32 Å². The van der Waals surface area contributed by atoms with Crippen LogP contribution in [0.4, 0.5) is 11.5 Å². The van der Waals surface area contributed by atoms with E-state index in [1.165, 1.54) is 0 Å². The SMILES string of the molecule is CCn1nc(C)c([N+](=O)[O-])c1NCc1cccs1.